The Balaban J connectivity index is 2.36. The summed E-state index contributed by atoms with van der Waals surface area (Å²) in [6, 6.07) is 14.8. The van der Waals surface area contributed by atoms with Crippen molar-refractivity contribution in [2.75, 3.05) is 0 Å². The number of hydrogen-bond acceptors (Lipinski definition) is 2. The zero-order valence-electron chi connectivity index (χ0n) is 10.1. The summed E-state index contributed by atoms with van der Waals surface area (Å²) in [5.41, 5.74) is 9.03. The fraction of sp³-hybridized carbons (Fsp3) is 0.133. The molecule has 0 radical (unpaired) electrons. The molecule has 3 N–H and O–H groups in total. The number of rotatable bonds is 3. The van der Waals surface area contributed by atoms with Crippen LogP contribution in [0, 0.1) is 0 Å². The van der Waals surface area contributed by atoms with Crippen molar-refractivity contribution in [2.24, 2.45) is 5.73 Å². The minimum Gasteiger partial charge on any atom is -0.478 e. The van der Waals surface area contributed by atoms with Gasteiger partial charge in [0.15, 0.2) is 0 Å². The molecule has 0 heterocycles. The van der Waals surface area contributed by atoms with Crippen LogP contribution in [0.25, 0.3) is 11.1 Å². The van der Waals surface area contributed by atoms with Crippen molar-refractivity contribution in [1.29, 1.82) is 0 Å². The van der Waals surface area contributed by atoms with E-state index in [2.05, 4.69) is 0 Å². The predicted octanol–water partition coefficient (Wildman–Crippen LogP) is 3.07. The molecule has 1 atom stereocenters. The van der Waals surface area contributed by atoms with Crippen molar-refractivity contribution in [1.82, 2.24) is 0 Å². The fourth-order valence-electron chi connectivity index (χ4n) is 1.81. The van der Waals surface area contributed by atoms with Crippen LogP contribution in [0.5, 0.6) is 0 Å². The van der Waals surface area contributed by atoms with Gasteiger partial charge in [-0.25, -0.2) is 4.79 Å². The van der Waals surface area contributed by atoms with Crippen molar-refractivity contribution in [3.8, 4) is 11.1 Å². The maximum Gasteiger partial charge on any atom is 0.335 e. The van der Waals surface area contributed by atoms with Gasteiger partial charge < -0.3 is 10.8 Å². The number of benzene rings is 2. The summed E-state index contributed by atoms with van der Waals surface area (Å²) in [5.74, 6) is -0.913. The molecule has 3 nitrogen and oxygen atoms in total. The van der Waals surface area contributed by atoms with Gasteiger partial charge in [0.05, 0.1) is 5.56 Å². The summed E-state index contributed by atoms with van der Waals surface area (Å²) in [7, 11) is 0. The topological polar surface area (TPSA) is 63.3 Å². The van der Waals surface area contributed by atoms with Crippen LogP contribution >= 0.6 is 0 Å². The maximum atomic E-state index is 10.9. The third-order valence-corrected chi connectivity index (χ3v) is 2.88. The molecule has 2 aromatic rings. The van der Waals surface area contributed by atoms with E-state index < -0.39 is 5.97 Å². The highest BCUT2D eigenvalue weighted by molar-refractivity contribution is 5.89. The molecule has 0 spiro atoms. The minimum absolute atomic E-state index is 0.00408. The molecule has 0 aliphatic carbocycles. The maximum absolute atomic E-state index is 10.9. The van der Waals surface area contributed by atoms with Gasteiger partial charge in [0.25, 0.3) is 0 Å². The Bertz CT molecular complexity index is 559. The minimum atomic E-state index is -0.913. The van der Waals surface area contributed by atoms with E-state index in [-0.39, 0.29) is 6.04 Å². The monoisotopic (exact) mass is 241 g/mol. The van der Waals surface area contributed by atoms with E-state index >= 15 is 0 Å². The molecule has 3 heteroatoms. The van der Waals surface area contributed by atoms with E-state index in [0.717, 1.165) is 16.7 Å². The summed E-state index contributed by atoms with van der Waals surface area (Å²) in [6.07, 6.45) is 0. The lowest BCUT2D eigenvalue weighted by atomic mass is 10.0. The first-order chi connectivity index (χ1) is 8.58. The molecule has 18 heavy (non-hydrogen) atoms. The smallest absolute Gasteiger partial charge is 0.335 e. The second-order valence-corrected chi connectivity index (χ2v) is 4.30. The number of aromatic carboxylic acids is 1. The molecule has 0 amide bonds. The molecule has 0 bridgehead atoms. The van der Waals surface area contributed by atoms with Crippen molar-refractivity contribution in [3.63, 3.8) is 0 Å². The number of carboxylic acid groups (broad SMARTS) is 1. The van der Waals surface area contributed by atoms with Crippen LogP contribution in [0.4, 0.5) is 0 Å². The highest BCUT2D eigenvalue weighted by atomic mass is 16.4. The van der Waals surface area contributed by atoms with Crippen molar-refractivity contribution in [2.45, 2.75) is 13.0 Å². The number of carboxylic acids is 1. The molecular formula is C15H15NO2. The van der Waals surface area contributed by atoms with Crippen LogP contribution in [0.15, 0.2) is 48.5 Å². The Morgan fingerprint density at radius 1 is 1.11 bits per heavy atom. The molecule has 1 unspecified atom stereocenters. The van der Waals surface area contributed by atoms with Crippen molar-refractivity contribution < 1.29 is 9.90 Å². The Hall–Kier alpha value is -2.13. The lowest BCUT2D eigenvalue weighted by Gasteiger charge is -2.07. The van der Waals surface area contributed by atoms with Crippen LogP contribution in [-0.4, -0.2) is 11.1 Å². The lowest BCUT2D eigenvalue weighted by molar-refractivity contribution is 0.0697. The van der Waals surface area contributed by atoms with Gasteiger partial charge in [-0.1, -0.05) is 36.4 Å². The Morgan fingerprint density at radius 2 is 1.78 bits per heavy atom. The predicted molar refractivity (Wildman–Crippen MR) is 71.4 cm³/mol. The molecular weight excluding hydrogens is 226 g/mol. The van der Waals surface area contributed by atoms with Gasteiger partial charge in [0.2, 0.25) is 0 Å². The SMILES string of the molecule is CC(N)c1ccc(-c2cccc(C(=O)O)c2)cc1. The molecule has 2 rings (SSSR count). The summed E-state index contributed by atoms with van der Waals surface area (Å²) >= 11 is 0. The van der Waals surface area contributed by atoms with Gasteiger partial charge in [0.1, 0.15) is 0 Å². The van der Waals surface area contributed by atoms with E-state index in [0.29, 0.717) is 5.56 Å². The molecule has 0 aliphatic rings. The van der Waals surface area contributed by atoms with E-state index in [4.69, 9.17) is 10.8 Å². The van der Waals surface area contributed by atoms with Gasteiger partial charge >= 0.3 is 5.97 Å². The zero-order chi connectivity index (χ0) is 13.1. The summed E-state index contributed by atoms with van der Waals surface area (Å²) in [6.45, 7) is 1.93. The molecule has 0 aliphatic heterocycles. The molecule has 0 fully saturated rings. The first-order valence-corrected chi connectivity index (χ1v) is 5.77. The van der Waals surface area contributed by atoms with Gasteiger partial charge in [-0.3, -0.25) is 0 Å². The van der Waals surface area contributed by atoms with Crippen LogP contribution in [0.1, 0.15) is 28.9 Å². The highest BCUT2D eigenvalue weighted by Crippen LogP contribution is 2.22. The summed E-state index contributed by atoms with van der Waals surface area (Å²) in [4.78, 5) is 10.9. The Kier molecular flexibility index (Phi) is 3.44. The number of carbonyl (C=O) groups is 1. The normalized spacial score (nSPS) is 12.1. The molecule has 2 aromatic carbocycles. The van der Waals surface area contributed by atoms with Crippen LogP contribution in [0.3, 0.4) is 0 Å². The van der Waals surface area contributed by atoms with E-state index in [1.165, 1.54) is 0 Å². The number of hydrogen-bond donors (Lipinski definition) is 2. The average molecular weight is 241 g/mol. The van der Waals surface area contributed by atoms with Gasteiger partial charge in [-0.05, 0) is 35.7 Å². The standard InChI is InChI=1S/C15H15NO2/c1-10(16)11-5-7-12(8-6-11)13-3-2-4-14(9-13)15(17)18/h2-10H,16H2,1H3,(H,17,18). The summed E-state index contributed by atoms with van der Waals surface area (Å²) in [5, 5.41) is 8.96. The van der Waals surface area contributed by atoms with Gasteiger partial charge in [-0.15, -0.1) is 0 Å². The first-order valence-electron chi connectivity index (χ1n) is 5.77. The lowest BCUT2D eigenvalue weighted by Crippen LogP contribution is -2.04. The largest absolute Gasteiger partial charge is 0.478 e. The van der Waals surface area contributed by atoms with Crippen LogP contribution < -0.4 is 5.73 Å². The quantitative estimate of drug-likeness (QED) is 0.868. The fourth-order valence-corrected chi connectivity index (χ4v) is 1.81. The second kappa shape index (κ2) is 5.02. The molecule has 0 saturated heterocycles. The van der Waals surface area contributed by atoms with Crippen molar-refractivity contribution in [3.05, 3.63) is 59.7 Å². The molecule has 92 valence electrons. The zero-order valence-corrected chi connectivity index (χ0v) is 10.1. The second-order valence-electron chi connectivity index (χ2n) is 4.30. The van der Waals surface area contributed by atoms with E-state index in [1.54, 1.807) is 18.2 Å². The highest BCUT2D eigenvalue weighted by Gasteiger charge is 2.05. The van der Waals surface area contributed by atoms with E-state index in [1.807, 2.05) is 37.3 Å². The van der Waals surface area contributed by atoms with Crippen LogP contribution in [-0.2, 0) is 0 Å². The Morgan fingerprint density at radius 3 is 2.33 bits per heavy atom. The first kappa shape index (κ1) is 12.3. The Labute approximate surface area is 106 Å². The summed E-state index contributed by atoms with van der Waals surface area (Å²) < 4.78 is 0. The number of nitrogens with two attached hydrogens (primary N) is 1. The third-order valence-electron chi connectivity index (χ3n) is 2.88. The molecule has 0 aromatic heterocycles. The molecule has 0 saturated carbocycles. The van der Waals surface area contributed by atoms with E-state index in [9.17, 15) is 4.79 Å². The average Bonchev–Trinajstić information content (AvgIpc) is 2.39. The van der Waals surface area contributed by atoms with Crippen LogP contribution in [0.2, 0.25) is 0 Å². The third kappa shape index (κ3) is 2.57. The van der Waals surface area contributed by atoms with Crippen molar-refractivity contribution >= 4 is 5.97 Å². The van der Waals surface area contributed by atoms with Gasteiger partial charge in [0, 0.05) is 6.04 Å². The van der Waals surface area contributed by atoms with Gasteiger partial charge in [-0.2, -0.15) is 0 Å².